The summed E-state index contributed by atoms with van der Waals surface area (Å²) in [6.07, 6.45) is 1.77. The van der Waals surface area contributed by atoms with E-state index in [-0.39, 0.29) is 24.0 Å². The van der Waals surface area contributed by atoms with Gasteiger partial charge in [0.2, 0.25) is 0 Å². The Hall–Kier alpha value is -1.64. The maximum atomic E-state index is 5.31. The summed E-state index contributed by atoms with van der Waals surface area (Å²) in [4.78, 5) is 8.77. The number of hydrogen-bond acceptors (Lipinski definition) is 4. The lowest BCUT2D eigenvalue weighted by atomic mass is 10.1. The number of halogens is 1. The zero-order valence-corrected chi connectivity index (χ0v) is 16.1. The number of nitrogens with zero attached hydrogens (tertiary/aromatic N) is 3. The summed E-state index contributed by atoms with van der Waals surface area (Å²) in [7, 11) is 0. The number of hydrogen-bond donors (Lipinski definition) is 2. The Kier molecular flexibility index (Phi) is 8.60. The smallest absolute Gasteiger partial charge is 0.192 e. The molecule has 2 aromatic heterocycles. The van der Waals surface area contributed by atoms with E-state index in [2.05, 4.69) is 39.6 Å². The molecule has 126 valence electrons. The third-order valence-corrected chi connectivity index (χ3v) is 3.07. The molecule has 0 saturated carbocycles. The van der Waals surface area contributed by atoms with Crippen molar-refractivity contribution in [3.05, 3.63) is 47.6 Å². The van der Waals surface area contributed by atoms with Gasteiger partial charge in [0.05, 0.1) is 24.5 Å². The molecule has 2 rings (SSSR count). The summed E-state index contributed by atoms with van der Waals surface area (Å²) >= 11 is 0. The van der Waals surface area contributed by atoms with Crippen LogP contribution in [0.3, 0.4) is 0 Å². The van der Waals surface area contributed by atoms with E-state index in [0.29, 0.717) is 19.0 Å². The van der Waals surface area contributed by atoms with E-state index in [4.69, 9.17) is 4.52 Å². The monoisotopic (exact) mass is 429 g/mol. The number of aromatic nitrogens is 2. The number of nitrogens with one attached hydrogen (secondary N) is 2. The van der Waals surface area contributed by atoms with E-state index in [9.17, 15) is 0 Å². The van der Waals surface area contributed by atoms with Gasteiger partial charge < -0.3 is 15.2 Å². The van der Waals surface area contributed by atoms with Gasteiger partial charge in [-0.2, -0.15) is 0 Å². The molecular formula is C16H24IN5O. The lowest BCUT2D eigenvalue weighted by Crippen LogP contribution is -2.36. The molecule has 23 heavy (non-hydrogen) atoms. The van der Waals surface area contributed by atoms with E-state index in [1.165, 1.54) is 0 Å². The maximum absolute atomic E-state index is 5.31. The second kappa shape index (κ2) is 10.2. The Morgan fingerprint density at radius 2 is 2.13 bits per heavy atom. The van der Waals surface area contributed by atoms with E-state index in [1.54, 1.807) is 6.20 Å². The molecule has 0 saturated heterocycles. The van der Waals surface area contributed by atoms with Gasteiger partial charge in [0.1, 0.15) is 0 Å². The molecule has 2 heterocycles. The van der Waals surface area contributed by atoms with E-state index < -0.39 is 0 Å². The molecule has 0 aliphatic rings. The highest BCUT2D eigenvalue weighted by atomic mass is 127. The Bertz CT molecular complexity index is 598. The van der Waals surface area contributed by atoms with Gasteiger partial charge in [0, 0.05) is 18.8 Å². The first-order chi connectivity index (χ1) is 10.7. The van der Waals surface area contributed by atoms with E-state index in [1.807, 2.05) is 31.2 Å². The highest BCUT2D eigenvalue weighted by molar-refractivity contribution is 14.0. The zero-order chi connectivity index (χ0) is 15.8. The first-order valence-corrected chi connectivity index (χ1v) is 7.56. The summed E-state index contributed by atoms with van der Waals surface area (Å²) in [5.41, 5.74) is 1.90. The summed E-state index contributed by atoms with van der Waals surface area (Å²) in [5.74, 6) is 1.89. The predicted molar refractivity (Wildman–Crippen MR) is 102 cm³/mol. The van der Waals surface area contributed by atoms with Crippen LogP contribution in [-0.2, 0) is 13.1 Å². The molecule has 0 radical (unpaired) electrons. The van der Waals surface area contributed by atoms with Crippen molar-refractivity contribution in [2.24, 2.45) is 4.99 Å². The first kappa shape index (κ1) is 19.4. The molecule has 0 spiro atoms. The number of pyridine rings is 1. The van der Waals surface area contributed by atoms with Crippen molar-refractivity contribution in [2.75, 3.05) is 6.54 Å². The van der Waals surface area contributed by atoms with E-state index >= 15 is 0 Å². The van der Waals surface area contributed by atoms with Crippen LogP contribution in [0.4, 0.5) is 0 Å². The molecule has 7 heteroatoms. The van der Waals surface area contributed by atoms with Crippen LogP contribution in [0.5, 0.6) is 0 Å². The molecule has 0 fully saturated rings. The highest BCUT2D eigenvalue weighted by Crippen LogP contribution is 2.13. The molecular weight excluding hydrogens is 405 g/mol. The fourth-order valence-corrected chi connectivity index (χ4v) is 1.85. The van der Waals surface area contributed by atoms with Gasteiger partial charge in [-0.1, -0.05) is 25.1 Å². The normalized spacial score (nSPS) is 11.2. The van der Waals surface area contributed by atoms with Crippen LogP contribution < -0.4 is 10.6 Å². The molecule has 0 aliphatic carbocycles. The van der Waals surface area contributed by atoms with Crippen molar-refractivity contribution in [3.63, 3.8) is 0 Å². The molecule has 0 bridgehead atoms. The van der Waals surface area contributed by atoms with Crippen molar-refractivity contribution in [1.82, 2.24) is 20.8 Å². The summed E-state index contributed by atoms with van der Waals surface area (Å²) in [6.45, 7) is 8.09. The third kappa shape index (κ3) is 6.55. The molecule has 6 nitrogen and oxygen atoms in total. The summed E-state index contributed by atoms with van der Waals surface area (Å²) in [5, 5.41) is 10.5. The van der Waals surface area contributed by atoms with Crippen molar-refractivity contribution in [1.29, 1.82) is 0 Å². The number of guanidine groups is 1. The minimum atomic E-state index is 0. The topological polar surface area (TPSA) is 75.3 Å². The summed E-state index contributed by atoms with van der Waals surface area (Å²) < 4.78 is 5.31. The zero-order valence-electron chi connectivity index (χ0n) is 13.7. The standard InChI is InChI=1S/C16H23N5O.HI/c1-4-17-16(19-10-13-7-5-6-8-18-13)20-11-14-9-15(12(2)3)21-22-14;/h5-9,12H,4,10-11H2,1-3H3,(H2,17,19,20);1H. The average molecular weight is 429 g/mol. The van der Waals surface area contributed by atoms with Crippen molar-refractivity contribution in [3.8, 4) is 0 Å². The van der Waals surface area contributed by atoms with Gasteiger partial charge in [-0.05, 0) is 25.0 Å². The molecule has 2 aromatic rings. The van der Waals surface area contributed by atoms with Gasteiger partial charge in [0.15, 0.2) is 11.7 Å². The maximum Gasteiger partial charge on any atom is 0.192 e. The third-order valence-electron chi connectivity index (χ3n) is 3.07. The molecule has 0 aromatic carbocycles. The molecule has 0 atom stereocenters. The quantitative estimate of drug-likeness (QED) is 0.420. The second-order valence-electron chi connectivity index (χ2n) is 5.24. The molecule has 0 amide bonds. The highest BCUT2D eigenvalue weighted by Gasteiger charge is 2.08. The van der Waals surface area contributed by atoms with Crippen LogP contribution >= 0.6 is 24.0 Å². The van der Waals surface area contributed by atoms with Crippen LogP contribution in [0.15, 0.2) is 40.0 Å². The van der Waals surface area contributed by atoms with Gasteiger partial charge in [-0.25, -0.2) is 4.99 Å². The predicted octanol–water partition coefficient (Wildman–Crippen LogP) is 3.07. The Labute approximate surface area is 154 Å². The SMILES string of the molecule is CCNC(=NCc1ccccn1)NCc1cc(C(C)C)no1.I. The second-order valence-corrected chi connectivity index (χ2v) is 5.24. The van der Waals surface area contributed by atoms with Gasteiger partial charge in [-0.15, -0.1) is 24.0 Å². The van der Waals surface area contributed by atoms with Crippen molar-refractivity contribution < 1.29 is 4.52 Å². The van der Waals surface area contributed by atoms with Crippen LogP contribution in [0.25, 0.3) is 0 Å². The van der Waals surface area contributed by atoms with Crippen molar-refractivity contribution in [2.45, 2.75) is 39.8 Å². The van der Waals surface area contributed by atoms with Crippen molar-refractivity contribution >= 4 is 29.9 Å². The lowest BCUT2D eigenvalue weighted by molar-refractivity contribution is 0.372. The van der Waals surface area contributed by atoms with E-state index in [0.717, 1.165) is 29.7 Å². The minimum Gasteiger partial charge on any atom is -0.359 e. The molecule has 0 aliphatic heterocycles. The fourth-order valence-electron chi connectivity index (χ4n) is 1.85. The van der Waals surface area contributed by atoms with Gasteiger partial charge in [-0.3, -0.25) is 4.98 Å². The average Bonchev–Trinajstić information content (AvgIpc) is 3.00. The first-order valence-electron chi connectivity index (χ1n) is 7.56. The van der Waals surface area contributed by atoms with Crippen LogP contribution in [0.1, 0.15) is 43.8 Å². The lowest BCUT2D eigenvalue weighted by Gasteiger charge is -2.09. The Balaban J connectivity index is 0.00000264. The Morgan fingerprint density at radius 3 is 2.74 bits per heavy atom. The van der Waals surface area contributed by atoms with Crippen LogP contribution in [0.2, 0.25) is 0 Å². The summed E-state index contributed by atoms with van der Waals surface area (Å²) in [6, 6.07) is 7.78. The number of rotatable bonds is 6. The fraction of sp³-hybridized carbons (Fsp3) is 0.438. The van der Waals surface area contributed by atoms with Gasteiger partial charge in [0.25, 0.3) is 0 Å². The molecule has 2 N–H and O–H groups in total. The minimum absolute atomic E-state index is 0. The van der Waals surface area contributed by atoms with Gasteiger partial charge >= 0.3 is 0 Å². The van der Waals surface area contributed by atoms with Crippen LogP contribution in [0, 0.1) is 0 Å². The van der Waals surface area contributed by atoms with Crippen LogP contribution in [-0.4, -0.2) is 22.6 Å². The molecule has 0 unspecified atom stereocenters. The largest absolute Gasteiger partial charge is 0.359 e. The Morgan fingerprint density at radius 1 is 1.30 bits per heavy atom. The number of aliphatic imine (C=N–C) groups is 1.